The number of nitrogens with zero attached hydrogens (tertiary/aromatic N) is 2. The topological polar surface area (TPSA) is 64.5 Å². The molecule has 0 unspecified atom stereocenters. The second-order valence-corrected chi connectivity index (χ2v) is 4.63. The van der Waals surface area contributed by atoms with E-state index in [9.17, 15) is 5.11 Å². The standard InChI is InChI=1S/C12H11ClN2O3/c1-17-9-3-2-8-11(15-9)10(7(13)4-14-8)12(16)5-18-6-12/h2-4,16H,5-6H2,1H3. The molecule has 0 atom stereocenters. The van der Waals surface area contributed by atoms with Crippen LogP contribution in [0.15, 0.2) is 18.3 Å². The van der Waals surface area contributed by atoms with Crippen LogP contribution < -0.4 is 4.74 Å². The maximum atomic E-state index is 10.4. The van der Waals surface area contributed by atoms with Gasteiger partial charge in [0.2, 0.25) is 5.88 Å². The fourth-order valence-corrected chi connectivity index (χ4v) is 2.34. The Labute approximate surface area is 108 Å². The molecule has 0 radical (unpaired) electrons. The zero-order valence-corrected chi connectivity index (χ0v) is 10.4. The van der Waals surface area contributed by atoms with Crippen LogP contribution in [0.25, 0.3) is 11.0 Å². The van der Waals surface area contributed by atoms with Gasteiger partial charge in [-0.1, -0.05) is 11.6 Å². The van der Waals surface area contributed by atoms with Crippen LogP contribution in [0.2, 0.25) is 5.02 Å². The van der Waals surface area contributed by atoms with Gasteiger partial charge in [0.05, 0.1) is 30.9 Å². The van der Waals surface area contributed by atoms with Crippen molar-refractivity contribution in [3.05, 3.63) is 28.9 Å². The highest BCUT2D eigenvalue weighted by molar-refractivity contribution is 6.32. The van der Waals surface area contributed by atoms with Crippen LogP contribution in [0.5, 0.6) is 5.88 Å². The van der Waals surface area contributed by atoms with Crippen LogP contribution in [0.3, 0.4) is 0 Å². The molecule has 1 aliphatic heterocycles. The number of halogens is 1. The molecule has 0 saturated carbocycles. The number of hydrogen-bond donors (Lipinski definition) is 1. The van der Waals surface area contributed by atoms with E-state index in [2.05, 4.69) is 9.97 Å². The Balaban J connectivity index is 2.29. The molecule has 2 aromatic heterocycles. The molecule has 0 aromatic carbocycles. The predicted octanol–water partition coefficient (Wildman–Crippen LogP) is 1.51. The maximum absolute atomic E-state index is 10.4. The molecule has 3 rings (SSSR count). The number of aromatic nitrogens is 2. The van der Waals surface area contributed by atoms with Crippen molar-refractivity contribution in [1.82, 2.24) is 9.97 Å². The fourth-order valence-electron chi connectivity index (χ4n) is 2.02. The molecule has 94 valence electrons. The molecule has 18 heavy (non-hydrogen) atoms. The summed E-state index contributed by atoms with van der Waals surface area (Å²) in [5, 5.41) is 10.8. The first kappa shape index (κ1) is 11.6. The van der Waals surface area contributed by atoms with E-state index in [1.807, 2.05) is 0 Å². The van der Waals surface area contributed by atoms with Crippen molar-refractivity contribution >= 4 is 22.6 Å². The van der Waals surface area contributed by atoms with Gasteiger partial charge in [-0.05, 0) is 6.07 Å². The van der Waals surface area contributed by atoms with E-state index in [0.29, 0.717) is 27.5 Å². The van der Waals surface area contributed by atoms with Gasteiger partial charge in [0.15, 0.2) is 0 Å². The molecule has 0 amide bonds. The van der Waals surface area contributed by atoms with Crippen LogP contribution in [0.4, 0.5) is 0 Å². The average molecular weight is 267 g/mol. The van der Waals surface area contributed by atoms with Gasteiger partial charge in [0.25, 0.3) is 0 Å². The zero-order valence-electron chi connectivity index (χ0n) is 9.68. The highest BCUT2D eigenvalue weighted by Gasteiger charge is 2.41. The molecule has 0 bridgehead atoms. The van der Waals surface area contributed by atoms with Gasteiger partial charge in [-0.25, -0.2) is 4.98 Å². The summed E-state index contributed by atoms with van der Waals surface area (Å²) in [6.07, 6.45) is 1.52. The van der Waals surface area contributed by atoms with Crippen LogP contribution >= 0.6 is 11.6 Å². The Morgan fingerprint density at radius 2 is 2.22 bits per heavy atom. The quantitative estimate of drug-likeness (QED) is 0.893. The summed E-state index contributed by atoms with van der Waals surface area (Å²) in [4.78, 5) is 8.50. The maximum Gasteiger partial charge on any atom is 0.213 e. The van der Waals surface area contributed by atoms with E-state index in [4.69, 9.17) is 21.1 Å². The molecule has 1 saturated heterocycles. The van der Waals surface area contributed by atoms with Crippen LogP contribution in [-0.4, -0.2) is 35.4 Å². The van der Waals surface area contributed by atoms with Crippen LogP contribution in [0.1, 0.15) is 5.56 Å². The molecule has 1 fully saturated rings. The molecular weight excluding hydrogens is 256 g/mol. The number of aliphatic hydroxyl groups is 1. The van der Waals surface area contributed by atoms with Crippen LogP contribution in [-0.2, 0) is 10.3 Å². The smallest absolute Gasteiger partial charge is 0.213 e. The van der Waals surface area contributed by atoms with E-state index >= 15 is 0 Å². The molecule has 5 nitrogen and oxygen atoms in total. The van der Waals surface area contributed by atoms with Gasteiger partial charge >= 0.3 is 0 Å². The third kappa shape index (κ3) is 1.63. The Morgan fingerprint density at radius 1 is 1.44 bits per heavy atom. The number of fused-ring (bicyclic) bond motifs is 1. The van der Waals surface area contributed by atoms with Crippen molar-refractivity contribution < 1.29 is 14.6 Å². The summed E-state index contributed by atoms with van der Waals surface area (Å²) in [6.45, 7) is 0.426. The third-order valence-electron chi connectivity index (χ3n) is 3.00. The lowest BCUT2D eigenvalue weighted by atomic mass is 9.91. The average Bonchev–Trinajstić information content (AvgIpc) is 2.35. The molecule has 3 heterocycles. The lowest BCUT2D eigenvalue weighted by molar-refractivity contribution is -0.183. The van der Waals surface area contributed by atoms with Crippen molar-refractivity contribution in [2.24, 2.45) is 0 Å². The van der Waals surface area contributed by atoms with Crippen molar-refractivity contribution in [1.29, 1.82) is 0 Å². The van der Waals surface area contributed by atoms with E-state index in [-0.39, 0.29) is 13.2 Å². The fraction of sp³-hybridized carbons (Fsp3) is 0.333. The van der Waals surface area contributed by atoms with Gasteiger partial charge < -0.3 is 14.6 Å². The Morgan fingerprint density at radius 3 is 2.83 bits per heavy atom. The number of ether oxygens (including phenoxy) is 2. The molecular formula is C12H11ClN2O3. The minimum absolute atomic E-state index is 0.213. The zero-order chi connectivity index (χ0) is 12.8. The minimum atomic E-state index is -1.09. The van der Waals surface area contributed by atoms with E-state index in [1.165, 1.54) is 13.3 Å². The number of hydrogen-bond acceptors (Lipinski definition) is 5. The number of rotatable bonds is 2. The van der Waals surface area contributed by atoms with Crippen molar-refractivity contribution in [3.63, 3.8) is 0 Å². The normalized spacial score (nSPS) is 17.5. The highest BCUT2D eigenvalue weighted by Crippen LogP contribution is 2.38. The second-order valence-electron chi connectivity index (χ2n) is 4.23. The van der Waals surface area contributed by atoms with Crippen LogP contribution in [0, 0.1) is 0 Å². The lowest BCUT2D eigenvalue weighted by Gasteiger charge is -2.37. The summed E-state index contributed by atoms with van der Waals surface area (Å²) in [7, 11) is 1.53. The highest BCUT2D eigenvalue weighted by atomic mass is 35.5. The lowest BCUT2D eigenvalue weighted by Crippen LogP contribution is -2.47. The minimum Gasteiger partial charge on any atom is -0.481 e. The van der Waals surface area contributed by atoms with Gasteiger partial charge in [0, 0.05) is 17.8 Å². The Bertz CT molecular complexity index is 614. The largest absolute Gasteiger partial charge is 0.481 e. The van der Waals surface area contributed by atoms with E-state index in [0.717, 1.165) is 0 Å². The Hall–Kier alpha value is -1.43. The number of pyridine rings is 2. The first-order chi connectivity index (χ1) is 8.64. The molecule has 1 aliphatic rings. The Kier molecular flexibility index (Phi) is 2.62. The van der Waals surface area contributed by atoms with Gasteiger partial charge in [-0.3, -0.25) is 4.98 Å². The van der Waals surface area contributed by atoms with E-state index < -0.39 is 5.60 Å². The molecule has 0 aliphatic carbocycles. The monoisotopic (exact) mass is 266 g/mol. The summed E-state index contributed by atoms with van der Waals surface area (Å²) in [5.41, 5.74) is 0.681. The second kappa shape index (κ2) is 4.05. The molecule has 6 heteroatoms. The third-order valence-corrected chi connectivity index (χ3v) is 3.28. The summed E-state index contributed by atoms with van der Waals surface area (Å²) >= 11 is 6.14. The van der Waals surface area contributed by atoms with Gasteiger partial charge in [-0.2, -0.15) is 0 Å². The summed E-state index contributed by atoms with van der Waals surface area (Å²) in [5.74, 6) is 0.455. The van der Waals surface area contributed by atoms with Gasteiger partial charge in [-0.15, -0.1) is 0 Å². The van der Waals surface area contributed by atoms with Crippen molar-refractivity contribution in [2.45, 2.75) is 5.60 Å². The number of methoxy groups -OCH3 is 1. The first-order valence-electron chi connectivity index (χ1n) is 5.44. The predicted molar refractivity (Wildman–Crippen MR) is 65.8 cm³/mol. The molecule has 1 N–H and O–H groups in total. The molecule has 2 aromatic rings. The van der Waals surface area contributed by atoms with Gasteiger partial charge in [0.1, 0.15) is 11.1 Å². The first-order valence-corrected chi connectivity index (χ1v) is 5.82. The van der Waals surface area contributed by atoms with Crippen molar-refractivity contribution in [3.8, 4) is 5.88 Å². The summed E-state index contributed by atoms with van der Waals surface area (Å²) in [6, 6.07) is 3.50. The SMILES string of the molecule is COc1ccc2ncc(Cl)c(C3(O)COC3)c2n1. The molecule has 0 spiro atoms. The van der Waals surface area contributed by atoms with Crippen molar-refractivity contribution in [2.75, 3.05) is 20.3 Å². The summed E-state index contributed by atoms with van der Waals surface area (Å²) < 4.78 is 10.2. The van der Waals surface area contributed by atoms with E-state index in [1.54, 1.807) is 12.1 Å².